The Morgan fingerprint density at radius 2 is 1.69 bits per heavy atom. The zero-order chi connectivity index (χ0) is 25.2. The molecule has 4 aromatic rings. The summed E-state index contributed by atoms with van der Waals surface area (Å²) in [7, 11) is 0. The van der Waals surface area contributed by atoms with Crippen molar-refractivity contribution in [2.24, 2.45) is 0 Å². The molecular weight excluding hydrogens is 430 g/mol. The second kappa shape index (κ2) is 12.8. The molecule has 0 aliphatic carbocycles. The summed E-state index contributed by atoms with van der Waals surface area (Å²) in [4.78, 5) is 12.2. The van der Waals surface area contributed by atoms with Gasteiger partial charge in [0.25, 0.3) is 0 Å². The van der Waals surface area contributed by atoms with Crippen LogP contribution in [0.4, 0.5) is 5.82 Å². The smallest absolute Gasteiger partial charge is 0.162 e. The van der Waals surface area contributed by atoms with E-state index in [9.17, 15) is 5.26 Å². The van der Waals surface area contributed by atoms with Crippen molar-refractivity contribution in [3.05, 3.63) is 66.2 Å². The topological polar surface area (TPSA) is 64.8 Å². The average Bonchev–Trinajstić information content (AvgIpc) is 2.91. The zero-order valence-electron chi connectivity index (χ0n) is 21.7. The third-order valence-corrected chi connectivity index (χ3v) is 6.24. The van der Waals surface area contributed by atoms with Crippen molar-refractivity contribution in [2.45, 2.75) is 53.5 Å². The molecule has 4 rings (SSSR count). The van der Waals surface area contributed by atoms with Gasteiger partial charge in [-0.2, -0.15) is 5.26 Å². The van der Waals surface area contributed by atoms with Crippen LogP contribution in [-0.4, -0.2) is 40.5 Å². The number of hydrogen-bond acceptors (Lipinski definition) is 5. The van der Waals surface area contributed by atoms with Gasteiger partial charge >= 0.3 is 0 Å². The summed E-state index contributed by atoms with van der Waals surface area (Å²) < 4.78 is 0. The number of nitriles is 1. The van der Waals surface area contributed by atoms with Gasteiger partial charge in [0.05, 0.1) is 11.1 Å². The maximum atomic E-state index is 9.69. The molecule has 5 heteroatoms. The highest BCUT2D eigenvalue weighted by atomic mass is 15.1. The molecule has 0 saturated carbocycles. The van der Waals surface area contributed by atoms with Gasteiger partial charge in [-0.1, -0.05) is 70.2 Å². The van der Waals surface area contributed by atoms with Gasteiger partial charge in [0.15, 0.2) is 5.82 Å². The molecule has 0 radical (unpaired) electrons. The van der Waals surface area contributed by atoms with Crippen molar-refractivity contribution < 1.29 is 0 Å². The van der Waals surface area contributed by atoms with Crippen LogP contribution in [0.5, 0.6) is 0 Å². The summed E-state index contributed by atoms with van der Waals surface area (Å²) in [6.07, 6.45) is 2.17. The lowest BCUT2D eigenvalue weighted by Gasteiger charge is -2.20. The molecule has 0 amide bonds. The Balaban J connectivity index is 0.00000167. The van der Waals surface area contributed by atoms with Crippen molar-refractivity contribution in [3.63, 3.8) is 0 Å². The summed E-state index contributed by atoms with van der Waals surface area (Å²) >= 11 is 0. The first-order valence-corrected chi connectivity index (χ1v) is 12.8. The second-order valence-corrected chi connectivity index (χ2v) is 8.49. The van der Waals surface area contributed by atoms with Crippen molar-refractivity contribution in [3.8, 4) is 17.5 Å². The first-order chi connectivity index (χ1) is 17.1. The molecule has 1 unspecified atom stereocenters. The Bertz CT molecular complexity index is 1290. The molecular formula is C30H37N5. The van der Waals surface area contributed by atoms with Crippen LogP contribution in [0.15, 0.2) is 60.7 Å². The molecule has 0 fully saturated rings. The van der Waals surface area contributed by atoms with Crippen LogP contribution in [0.25, 0.3) is 33.1 Å². The number of benzene rings is 3. The lowest BCUT2D eigenvalue weighted by Crippen LogP contribution is -2.25. The van der Waals surface area contributed by atoms with Crippen LogP contribution in [0, 0.1) is 11.3 Å². The van der Waals surface area contributed by atoms with Gasteiger partial charge in [-0.05, 0) is 68.4 Å². The molecule has 3 aromatic carbocycles. The number of aromatic nitrogens is 2. The van der Waals surface area contributed by atoms with Crippen LogP contribution in [0.1, 0.15) is 53.0 Å². The Kier molecular flexibility index (Phi) is 9.57. The van der Waals surface area contributed by atoms with E-state index in [1.807, 2.05) is 44.2 Å². The summed E-state index contributed by atoms with van der Waals surface area (Å²) in [5.41, 5.74) is 2.20. The fourth-order valence-electron chi connectivity index (χ4n) is 4.28. The SMILES string of the molecule is CC.CCN(CC)CCCC(C)Nc1nc(-c2ccc3ccccc3c2)nc2c(C#N)cccc12. The highest BCUT2D eigenvalue weighted by Crippen LogP contribution is 2.29. The lowest BCUT2D eigenvalue weighted by atomic mass is 10.1. The largest absolute Gasteiger partial charge is 0.367 e. The Hall–Kier alpha value is -3.49. The van der Waals surface area contributed by atoms with Gasteiger partial charge < -0.3 is 10.2 Å². The number of rotatable bonds is 9. The fourth-order valence-corrected chi connectivity index (χ4v) is 4.28. The van der Waals surface area contributed by atoms with E-state index in [1.54, 1.807) is 0 Å². The minimum Gasteiger partial charge on any atom is -0.367 e. The molecule has 0 saturated heterocycles. The van der Waals surface area contributed by atoms with Crippen LogP contribution in [0.3, 0.4) is 0 Å². The first kappa shape index (κ1) is 26.1. The molecule has 0 spiro atoms. The van der Waals surface area contributed by atoms with Crippen LogP contribution >= 0.6 is 0 Å². The van der Waals surface area contributed by atoms with Crippen LogP contribution in [-0.2, 0) is 0 Å². The Morgan fingerprint density at radius 1 is 0.943 bits per heavy atom. The van der Waals surface area contributed by atoms with Gasteiger partial charge in [0.1, 0.15) is 11.9 Å². The lowest BCUT2D eigenvalue weighted by molar-refractivity contribution is 0.295. The highest BCUT2D eigenvalue weighted by molar-refractivity contribution is 5.95. The monoisotopic (exact) mass is 467 g/mol. The molecule has 1 atom stereocenters. The van der Waals surface area contributed by atoms with Crippen LogP contribution in [0.2, 0.25) is 0 Å². The predicted octanol–water partition coefficient (Wildman–Crippen LogP) is 7.27. The Morgan fingerprint density at radius 3 is 2.40 bits per heavy atom. The minimum atomic E-state index is 0.258. The van der Waals surface area contributed by atoms with Crippen molar-refractivity contribution in [1.29, 1.82) is 5.26 Å². The van der Waals surface area contributed by atoms with E-state index in [4.69, 9.17) is 9.97 Å². The first-order valence-electron chi connectivity index (χ1n) is 12.8. The van der Waals surface area contributed by atoms with E-state index in [0.717, 1.165) is 54.6 Å². The van der Waals surface area contributed by atoms with Crippen LogP contribution < -0.4 is 5.32 Å². The number of nitrogens with one attached hydrogen (secondary N) is 1. The quantitative estimate of drug-likeness (QED) is 0.280. The average molecular weight is 468 g/mol. The fraction of sp³-hybridized carbons (Fsp3) is 0.367. The zero-order valence-corrected chi connectivity index (χ0v) is 21.7. The third kappa shape index (κ3) is 6.35. The van der Waals surface area contributed by atoms with Crippen molar-refractivity contribution in [2.75, 3.05) is 25.0 Å². The Labute approximate surface area is 209 Å². The molecule has 0 bridgehead atoms. The van der Waals surface area contributed by atoms with Crippen molar-refractivity contribution in [1.82, 2.24) is 14.9 Å². The summed E-state index contributed by atoms with van der Waals surface area (Å²) in [6.45, 7) is 13.9. The molecule has 0 aliphatic heterocycles. The van der Waals surface area contributed by atoms with E-state index < -0.39 is 0 Å². The van der Waals surface area contributed by atoms with Crippen molar-refractivity contribution >= 4 is 27.5 Å². The highest BCUT2D eigenvalue weighted by Gasteiger charge is 2.15. The van der Waals surface area contributed by atoms with E-state index in [1.165, 1.54) is 5.39 Å². The minimum absolute atomic E-state index is 0.258. The number of hydrogen-bond donors (Lipinski definition) is 1. The molecule has 35 heavy (non-hydrogen) atoms. The summed E-state index contributed by atoms with van der Waals surface area (Å²) in [5.74, 6) is 1.42. The maximum absolute atomic E-state index is 9.69. The van der Waals surface area contributed by atoms with Gasteiger partial charge in [0.2, 0.25) is 0 Å². The van der Waals surface area contributed by atoms with Gasteiger partial charge in [-0.3, -0.25) is 0 Å². The molecule has 5 nitrogen and oxygen atoms in total. The summed E-state index contributed by atoms with van der Waals surface area (Å²) in [5, 5.41) is 16.5. The number of fused-ring (bicyclic) bond motifs is 2. The molecule has 0 aliphatic rings. The number of anilines is 1. The molecule has 182 valence electrons. The molecule has 1 N–H and O–H groups in total. The normalized spacial score (nSPS) is 11.7. The number of para-hydroxylation sites is 1. The standard InChI is InChI=1S/C28H31N5.C2H6/c1-4-33(5-2)17-9-10-20(3)30-28-25-14-8-13-24(19-29)26(25)31-27(32-28)23-16-15-21-11-6-7-12-22(21)18-23;1-2/h6-8,11-16,18,20H,4-5,9-10,17H2,1-3H3,(H,30,31,32);1-2H3. The third-order valence-electron chi connectivity index (χ3n) is 6.24. The number of nitrogens with zero attached hydrogens (tertiary/aromatic N) is 4. The van der Waals surface area contributed by atoms with E-state index in [2.05, 4.69) is 67.4 Å². The van der Waals surface area contributed by atoms with E-state index >= 15 is 0 Å². The van der Waals surface area contributed by atoms with Gasteiger partial charge in [0, 0.05) is 17.0 Å². The predicted molar refractivity (Wildman–Crippen MR) is 149 cm³/mol. The summed E-state index contributed by atoms with van der Waals surface area (Å²) in [6, 6.07) is 22.8. The molecule has 1 aromatic heterocycles. The second-order valence-electron chi connectivity index (χ2n) is 8.49. The van der Waals surface area contributed by atoms with E-state index in [-0.39, 0.29) is 6.04 Å². The maximum Gasteiger partial charge on any atom is 0.162 e. The van der Waals surface area contributed by atoms with Gasteiger partial charge in [-0.15, -0.1) is 0 Å². The molecule has 1 heterocycles. The van der Waals surface area contributed by atoms with E-state index in [0.29, 0.717) is 16.9 Å². The van der Waals surface area contributed by atoms with Gasteiger partial charge in [-0.25, -0.2) is 9.97 Å².